The summed E-state index contributed by atoms with van der Waals surface area (Å²) in [4.78, 5) is 48.6. The normalized spacial score (nSPS) is 10.8. The van der Waals surface area contributed by atoms with Crippen molar-refractivity contribution >= 4 is 34.4 Å². The number of rotatable bonds is 15. The molecule has 15 nitrogen and oxygen atoms in total. The van der Waals surface area contributed by atoms with Gasteiger partial charge in [-0.3, -0.25) is 19.2 Å². The van der Waals surface area contributed by atoms with Crippen LogP contribution in [0.25, 0.3) is 22.1 Å². The lowest BCUT2D eigenvalue weighted by Gasteiger charge is -2.13. The molecular weight excluding hydrogens is 606 g/mol. The molecule has 0 aliphatic carbocycles. The summed E-state index contributed by atoms with van der Waals surface area (Å²) >= 11 is 0. The molecule has 0 radical (unpaired) electrons. The Hall–Kier alpha value is -5.80. The van der Waals surface area contributed by atoms with Crippen LogP contribution in [-0.2, 0) is 19.1 Å². The number of anilines is 1. The minimum absolute atomic E-state index is 0.0311. The number of ether oxygens (including phenoxy) is 4. The maximum Gasteiger partial charge on any atom is 0.258 e. The van der Waals surface area contributed by atoms with Crippen LogP contribution in [0.2, 0.25) is 0 Å². The van der Waals surface area contributed by atoms with Crippen LogP contribution in [0.15, 0.2) is 64.0 Å². The van der Waals surface area contributed by atoms with Crippen LogP contribution in [0.1, 0.15) is 10.4 Å². The second kappa shape index (κ2) is 15.3. The Bertz CT molecular complexity index is 1790. The molecule has 0 spiro atoms. The lowest BCUT2D eigenvalue weighted by atomic mass is 10.0. The number of benzene rings is 3. The Labute approximate surface area is 261 Å². The standard InChI is InChI=1S/C31H31N3O12/c1-42-23-7-6-21(30(40)28(23)31(32)41)34-26(38)15-44-11-10-43-9-8-33-25(37)16-45-19-4-2-17(3-5-19)20-14-46-24-13-18(35)12-22(36)27(24)29(20)39/h2-7,12-14,35-36,40H,8-11,15-16H2,1H3,(H2,32,41)(H,33,37)(H,34,38). The zero-order valence-electron chi connectivity index (χ0n) is 24.5. The van der Waals surface area contributed by atoms with Gasteiger partial charge in [0.1, 0.15) is 52.4 Å². The van der Waals surface area contributed by atoms with Crippen molar-refractivity contribution in [2.45, 2.75) is 0 Å². The minimum Gasteiger partial charge on any atom is -0.508 e. The summed E-state index contributed by atoms with van der Waals surface area (Å²) < 4.78 is 26.5. The Kier molecular flexibility index (Phi) is 11.0. The van der Waals surface area contributed by atoms with E-state index in [0.29, 0.717) is 11.3 Å². The molecule has 0 saturated heterocycles. The summed E-state index contributed by atoms with van der Waals surface area (Å²) in [7, 11) is 1.31. The van der Waals surface area contributed by atoms with Gasteiger partial charge < -0.3 is 55.1 Å². The van der Waals surface area contributed by atoms with Crippen molar-refractivity contribution in [3.63, 3.8) is 0 Å². The molecule has 7 N–H and O–H groups in total. The van der Waals surface area contributed by atoms with Crippen molar-refractivity contribution < 1.29 is 53.1 Å². The average Bonchev–Trinajstić information content (AvgIpc) is 3.02. The van der Waals surface area contributed by atoms with Gasteiger partial charge in [0.05, 0.1) is 38.2 Å². The van der Waals surface area contributed by atoms with E-state index in [1.165, 1.54) is 31.6 Å². The van der Waals surface area contributed by atoms with E-state index < -0.39 is 34.6 Å². The highest BCUT2D eigenvalue weighted by atomic mass is 16.5. The van der Waals surface area contributed by atoms with E-state index in [2.05, 4.69) is 10.6 Å². The second-order valence-electron chi connectivity index (χ2n) is 9.60. The third-order valence-electron chi connectivity index (χ3n) is 6.43. The van der Waals surface area contributed by atoms with Gasteiger partial charge in [-0.05, 0) is 29.8 Å². The molecule has 242 valence electrons. The quantitative estimate of drug-likeness (QED) is 0.0810. The number of nitrogens with one attached hydrogen (secondary N) is 2. The molecule has 1 heterocycles. The molecule has 0 atom stereocenters. The van der Waals surface area contributed by atoms with Crippen molar-refractivity contribution in [1.82, 2.24) is 5.32 Å². The smallest absolute Gasteiger partial charge is 0.258 e. The van der Waals surface area contributed by atoms with Gasteiger partial charge in [0, 0.05) is 18.7 Å². The number of methoxy groups -OCH3 is 1. The molecule has 1 aromatic heterocycles. The van der Waals surface area contributed by atoms with E-state index >= 15 is 0 Å². The predicted octanol–water partition coefficient (Wildman–Crippen LogP) is 1.85. The summed E-state index contributed by atoms with van der Waals surface area (Å²) in [5.74, 6) is -2.60. The van der Waals surface area contributed by atoms with Gasteiger partial charge in [0.2, 0.25) is 11.3 Å². The van der Waals surface area contributed by atoms with Gasteiger partial charge in [-0.15, -0.1) is 0 Å². The number of carbonyl (C=O) groups is 3. The molecule has 15 heteroatoms. The van der Waals surface area contributed by atoms with E-state index in [1.807, 2.05) is 0 Å². The maximum atomic E-state index is 12.9. The highest BCUT2D eigenvalue weighted by Gasteiger charge is 2.19. The van der Waals surface area contributed by atoms with Crippen molar-refractivity contribution in [2.24, 2.45) is 5.73 Å². The van der Waals surface area contributed by atoms with E-state index in [-0.39, 0.29) is 78.9 Å². The number of aromatic hydroxyl groups is 3. The highest BCUT2D eigenvalue weighted by molar-refractivity contribution is 6.02. The fraction of sp³-hybridized carbons (Fsp3) is 0.226. The molecule has 0 bridgehead atoms. The van der Waals surface area contributed by atoms with Crippen LogP contribution >= 0.6 is 0 Å². The fourth-order valence-electron chi connectivity index (χ4n) is 4.26. The van der Waals surface area contributed by atoms with Gasteiger partial charge in [0.25, 0.3) is 11.8 Å². The zero-order valence-corrected chi connectivity index (χ0v) is 24.5. The third-order valence-corrected chi connectivity index (χ3v) is 6.43. The average molecular weight is 638 g/mol. The van der Waals surface area contributed by atoms with Crippen LogP contribution in [0.3, 0.4) is 0 Å². The van der Waals surface area contributed by atoms with Gasteiger partial charge in [-0.2, -0.15) is 0 Å². The number of hydrogen-bond donors (Lipinski definition) is 6. The molecule has 0 fully saturated rings. The van der Waals surface area contributed by atoms with Crippen LogP contribution in [-0.4, -0.2) is 79.7 Å². The summed E-state index contributed by atoms with van der Waals surface area (Å²) in [6.07, 6.45) is 1.23. The third kappa shape index (κ3) is 8.22. The van der Waals surface area contributed by atoms with Crippen molar-refractivity contribution in [3.8, 4) is 39.9 Å². The Morgan fingerprint density at radius 2 is 1.65 bits per heavy atom. The number of phenols is 3. The SMILES string of the molecule is COc1ccc(NC(=O)COCCOCCNC(=O)COc2ccc(-c3coc4cc(O)cc(O)c4c3=O)cc2)c(O)c1C(N)=O. The Morgan fingerprint density at radius 1 is 0.913 bits per heavy atom. The fourth-order valence-corrected chi connectivity index (χ4v) is 4.26. The Morgan fingerprint density at radius 3 is 2.37 bits per heavy atom. The molecule has 4 rings (SSSR count). The van der Waals surface area contributed by atoms with Gasteiger partial charge in [-0.25, -0.2) is 0 Å². The number of amides is 3. The van der Waals surface area contributed by atoms with Crippen LogP contribution < -0.4 is 31.3 Å². The van der Waals surface area contributed by atoms with Crippen molar-refractivity contribution in [2.75, 3.05) is 52.0 Å². The van der Waals surface area contributed by atoms with Gasteiger partial charge in [0.15, 0.2) is 12.4 Å². The first-order valence-electron chi connectivity index (χ1n) is 13.7. The van der Waals surface area contributed by atoms with Crippen LogP contribution in [0, 0.1) is 0 Å². The van der Waals surface area contributed by atoms with Crippen LogP contribution in [0.4, 0.5) is 5.69 Å². The van der Waals surface area contributed by atoms with Gasteiger partial charge in [-0.1, -0.05) is 12.1 Å². The summed E-state index contributed by atoms with van der Waals surface area (Å²) in [6, 6.07) is 11.4. The van der Waals surface area contributed by atoms with E-state index in [1.54, 1.807) is 24.3 Å². The van der Waals surface area contributed by atoms with Crippen molar-refractivity contribution in [3.05, 3.63) is 70.6 Å². The number of hydrogen-bond acceptors (Lipinski definition) is 12. The number of carbonyl (C=O) groups excluding carboxylic acids is 3. The molecule has 3 aromatic carbocycles. The monoisotopic (exact) mass is 637 g/mol. The maximum absolute atomic E-state index is 12.9. The predicted molar refractivity (Wildman–Crippen MR) is 163 cm³/mol. The summed E-state index contributed by atoms with van der Waals surface area (Å²) in [5.41, 5.74) is 5.23. The first kappa shape index (κ1) is 33.1. The lowest BCUT2D eigenvalue weighted by Crippen LogP contribution is -2.32. The molecule has 0 aliphatic heterocycles. The highest BCUT2D eigenvalue weighted by Crippen LogP contribution is 2.34. The summed E-state index contributed by atoms with van der Waals surface area (Å²) in [5, 5.41) is 34.9. The number of primary amides is 1. The first-order valence-corrected chi connectivity index (χ1v) is 13.7. The molecule has 3 amide bonds. The number of fused-ring (bicyclic) bond motifs is 1. The topological polar surface area (TPSA) is 229 Å². The first-order chi connectivity index (χ1) is 22.1. The lowest BCUT2D eigenvalue weighted by molar-refractivity contribution is -0.123. The van der Waals surface area contributed by atoms with E-state index in [0.717, 1.165) is 6.07 Å². The molecule has 0 aliphatic rings. The zero-order chi connectivity index (χ0) is 33.2. The molecule has 4 aromatic rings. The molecule has 0 unspecified atom stereocenters. The number of nitrogens with two attached hydrogens (primary N) is 1. The summed E-state index contributed by atoms with van der Waals surface area (Å²) in [6.45, 7) is -0.0209. The minimum atomic E-state index is -0.920. The Balaban J connectivity index is 1.11. The van der Waals surface area contributed by atoms with E-state index in [4.69, 9.17) is 29.1 Å². The molecular formula is C31H31N3O12. The second-order valence-corrected chi connectivity index (χ2v) is 9.60. The molecule has 0 saturated carbocycles. The van der Waals surface area contributed by atoms with E-state index in [9.17, 15) is 34.5 Å². The number of phenolic OH excluding ortho intramolecular Hbond substituents is 2. The molecule has 46 heavy (non-hydrogen) atoms. The largest absolute Gasteiger partial charge is 0.508 e. The van der Waals surface area contributed by atoms with Crippen molar-refractivity contribution in [1.29, 1.82) is 0 Å². The van der Waals surface area contributed by atoms with Gasteiger partial charge >= 0.3 is 0 Å². The van der Waals surface area contributed by atoms with Crippen LogP contribution in [0.5, 0.6) is 28.7 Å².